The van der Waals surface area contributed by atoms with Crippen LogP contribution in [-0.4, -0.2) is 48.0 Å². The number of ether oxygens (including phenoxy) is 2. The molecule has 0 N–H and O–H groups in total. The Hall–Kier alpha value is -1.85. The highest BCUT2D eigenvalue weighted by atomic mass is 16.6. The molecule has 29 heavy (non-hydrogen) atoms. The Morgan fingerprint density at radius 2 is 1.90 bits per heavy atom. The Bertz CT molecular complexity index is 648. The van der Waals surface area contributed by atoms with Crippen molar-refractivity contribution in [1.82, 2.24) is 4.90 Å². The average molecular weight is 408 g/mol. The molecule has 6 nitrogen and oxygen atoms in total. The monoisotopic (exact) mass is 407 g/mol. The van der Waals surface area contributed by atoms with E-state index in [1.807, 2.05) is 26.8 Å². The zero-order valence-corrected chi connectivity index (χ0v) is 18.8. The summed E-state index contributed by atoms with van der Waals surface area (Å²) in [7, 11) is 1.35. The predicted octanol–water partition coefficient (Wildman–Crippen LogP) is 4.37. The van der Waals surface area contributed by atoms with E-state index in [2.05, 4.69) is 20.4 Å². The standard InChI is InChI=1S/C23H37NO5/c1-8-9-10-11-12-15(20(26)28-7)13-17(25)19-18-16(23(18,5)6)14-24(19)21(27)29-22(2,3)4/h8,15-16,18-19H,1,9-14H2,2-7H3/t15-,16?,18+,19+/m1/s1. The SMILES string of the molecule is C=CCCCC[C@H](CC(=O)[C@H]1[C@@H]2C(CN1C(=O)OC(C)(C)C)C2(C)C)C(=O)OC. The highest BCUT2D eigenvalue weighted by Gasteiger charge is 2.69. The average Bonchev–Trinajstić information content (AvgIpc) is 2.96. The van der Waals surface area contributed by atoms with Gasteiger partial charge in [-0.05, 0) is 57.3 Å². The van der Waals surface area contributed by atoms with Crippen molar-refractivity contribution in [1.29, 1.82) is 0 Å². The first-order chi connectivity index (χ1) is 13.4. The van der Waals surface area contributed by atoms with Crippen LogP contribution in [0.15, 0.2) is 12.7 Å². The first-order valence-corrected chi connectivity index (χ1v) is 10.6. The number of piperidine rings is 1. The van der Waals surface area contributed by atoms with E-state index in [0.717, 1.165) is 19.3 Å². The summed E-state index contributed by atoms with van der Waals surface area (Å²) in [6.07, 6.45) is 4.75. The maximum absolute atomic E-state index is 13.3. The molecular weight excluding hydrogens is 370 g/mol. The van der Waals surface area contributed by atoms with Gasteiger partial charge in [-0.3, -0.25) is 14.5 Å². The number of hydrogen-bond donors (Lipinski definition) is 0. The largest absolute Gasteiger partial charge is 0.469 e. The molecule has 1 aliphatic heterocycles. The Labute approximate surface area is 175 Å². The number of hydrogen-bond acceptors (Lipinski definition) is 5. The van der Waals surface area contributed by atoms with E-state index in [9.17, 15) is 14.4 Å². The van der Waals surface area contributed by atoms with E-state index in [1.54, 1.807) is 4.90 Å². The van der Waals surface area contributed by atoms with Crippen LogP contribution in [0.4, 0.5) is 4.79 Å². The molecule has 0 aromatic rings. The van der Waals surface area contributed by atoms with Crippen molar-refractivity contribution in [3.05, 3.63) is 12.7 Å². The van der Waals surface area contributed by atoms with E-state index < -0.39 is 23.7 Å². The van der Waals surface area contributed by atoms with Gasteiger partial charge in [-0.2, -0.15) is 0 Å². The number of allylic oxidation sites excluding steroid dienone is 1. The number of ketones is 1. The van der Waals surface area contributed by atoms with E-state index in [0.29, 0.717) is 18.9 Å². The van der Waals surface area contributed by atoms with Crippen molar-refractivity contribution in [3.8, 4) is 0 Å². The molecule has 0 spiro atoms. The van der Waals surface area contributed by atoms with Gasteiger partial charge >= 0.3 is 12.1 Å². The van der Waals surface area contributed by atoms with Crippen LogP contribution in [0, 0.1) is 23.2 Å². The summed E-state index contributed by atoms with van der Waals surface area (Å²) in [6, 6.07) is -0.523. The molecule has 4 atom stereocenters. The number of rotatable bonds is 9. The topological polar surface area (TPSA) is 72.9 Å². The van der Waals surface area contributed by atoms with Crippen LogP contribution in [0.5, 0.6) is 0 Å². The molecule has 1 amide bonds. The number of carbonyl (C=O) groups is 3. The van der Waals surface area contributed by atoms with Crippen LogP contribution < -0.4 is 0 Å². The number of unbranched alkanes of at least 4 members (excludes halogenated alkanes) is 2. The molecule has 0 aromatic heterocycles. The second kappa shape index (κ2) is 8.88. The van der Waals surface area contributed by atoms with Gasteiger partial charge in [0.25, 0.3) is 0 Å². The Balaban J connectivity index is 2.11. The van der Waals surface area contributed by atoms with Gasteiger partial charge in [0, 0.05) is 13.0 Å². The molecule has 1 saturated carbocycles. The third-order valence-electron chi connectivity index (χ3n) is 6.36. The fourth-order valence-electron chi connectivity index (χ4n) is 4.68. The minimum Gasteiger partial charge on any atom is -0.469 e. The number of fused-ring (bicyclic) bond motifs is 1. The molecule has 0 radical (unpaired) electrons. The number of amides is 1. The summed E-state index contributed by atoms with van der Waals surface area (Å²) in [5, 5.41) is 0. The Morgan fingerprint density at radius 3 is 2.45 bits per heavy atom. The maximum atomic E-state index is 13.3. The van der Waals surface area contributed by atoms with Gasteiger partial charge in [0.2, 0.25) is 0 Å². The minimum absolute atomic E-state index is 0.0313. The van der Waals surface area contributed by atoms with Gasteiger partial charge in [-0.15, -0.1) is 6.58 Å². The normalized spacial score (nSPS) is 25.7. The molecular formula is C23H37NO5. The van der Waals surface area contributed by atoms with Crippen LogP contribution >= 0.6 is 0 Å². The lowest BCUT2D eigenvalue weighted by Gasteiger charge is -2.32. The van der Waals surface area contributed by atoms with Crippen molar-refractivity contribution in [2.75, 3.05) is 13.7 Å². The summed E-state index contributed by atoms with van der Waals surface area (Å²) < 4.78 is 10.5. The zero-order chi connectivity index (χ0) is 22.0. The van der Waals surface area contributed by atoms with Crippen molar-refractivity contribution < 1.29 is 23.9 Å². The number of likely N-dealkylation sites (tertiary alicyclic amines) is 1. The van der Waals surface area contributed by atoms with Gasteiger partial charge in [0.05, 0.1) is 19.1 Å². The van der Waals surface area contributed by atoms with Crippen LogP contribution in [0.3, 0.4) is 0 Å². The maximum Gasteiger partial charge on any atom is 0.410 e. The molecule has 1 saturated heterocycles. The van der Waals surface area contributed by atoms with Crippen molar-refractivity contribution >= 4 is 17.8 Å². The van der Waals surface area contributed by atoms with Crippen LogP contribution in [0.2, 0.25) is 0 Å². The molecule has 6 heteroatoms. The lowest BCUT2D eigenvalue weighted by atomic mass is 9.90. The van der Waals surface area contributed by atoms with Crippen LogP contribution in [0.1, 0.15) is 66.7 Å². The molecule has 2 rings (SSSR count). The van der Waals surface area contributed by atoms with E-state index >= 15 is 0 Å². The number of methoxy groups -OCH3 is 1. The Kier molecular flexibility index (Phi) is 7.18. The number of esters is 1. The fourth-order valence-corrected chi connectivity index (χ4v) is 4.68. The Morgan fingerprint density at radius 1 is 1.24 bits per heavy atom. The molecule has 1 unspecified atom stereocenters. The van der Waals surface area contributed by atoms with Crippen molar-refractivity contribution in [2.45, 2.75) is 78.4 Å². The number of Topliss-reactive ketones (excluding diaryl/α,β-unsaturated/α-hetero) is 1. The summed E-state index contributed by atoms with van der Waals surface area (Å²) >= 11 is 0. The molecule has 2 aliphatic rings. The first kappa shape index (κ1) is 23.4. The van der Waals surface area contributed by atoms with Crippen molar-refractivity contribution in [2.24, 2.45) is 23.2 Å². The van der Waals surface area contributed by atoms with Crippen LogP contribution in [0.25, 0.3) is 0 Å². The second-order valence-corrected chi connectivity index (χ2v) is 9.99. The molecule has 0 bridgehead atoms. The molecule has 0 aromatic carbocycles. The van der Waals surface area contributed by atoms with Gasteiger partial charge in [0.15, 0.2) is 5.78 Å². The zero-order valence-electron chi connectivity index (χ0n) is 18.8. The lowest BCUT2D eigenvalue weighted by Crippen LogP contribution is -2.48. The third-order valence-corrected chi connectivity index (χ3v) is 6.36. The lowest BCUT2D eigenvalue weighted by molar-refractivity contribution is -0.148. The summed E-state index contributed by atoms with van der Waals surface area (Å²) in [5.74, 6) is -0.466. The summed E-state index contributed by atoms with van der Waals surface area (Å²) in [4.78, 5) is 39.9. The summed E-state index contributed by atoms with van der Waals surface area (Å²) in [6.45, 7) is 14.0. The number of nitrogens with zero attached hydrogens (tertiary/aromatic N) is 1. The van der Waals surface area contributed by atoms with Gasteiger partial charge in [-0.1, -0.05) is 26.3 Å². The minimum atomic E-state index is -0.618. The van der Waals surface area contributed by atoms with E-state index in [4.69, 9.17) is 9.47 Å². The van der Waals surface area contributed by atoms with Gasteiger partial charge in [-0.25, -0.2) is 4.79 Å². The second-order valence-electron chi connectivity index (χ2n) is 9.99. The predicted molar refractivity (Wildman–Crippen MR) is 111 cm³/mol. The molecule has 164 valence electrons. The van der Waals surface area contributed by atoms with E-state index in [-0.39, 0.29) is 29.5 Å². The molecule has 1 aliphatic carbocycles. The van der Waals surface area contributed by atoms with Gasteiger partial charge < -0.3 is 9.47 Å². The fraction of sp³-hybridized carbons (Fsp3) is 0.783. The van der Waals surface area contributed by atoms with Gasteiger partial charge in [0.1, 0.15) is 5.60 Å². The summed E-state index contributed by atoms with van der Waals surface area (Å²) in [5.41, 5.74) is -0.587. The number of carbonyl (C=O) groups excluding carboxylic acids is 3. The first-order valence-electron chi connectivity index (χ1n) is 10.6. The molecule has 2 fully saturated rings. The van der Waals surface area contributed by atoms with Crippen molar-refractivity contribution in [3.63, 3.8) is 0 Å². The molecule has 1 heterocycles. The third kappa shape index (κ3) is 5.40. The van der Waals surface area contributed by atoms with Crippen LogP contribution in [-0.2, 0) is 19.1 Å². The smallest absolute Gasteiger partial charge is 0.410 e. The van der Waals surface area contributed by atoms with E-state index in [1.165, 1.54) is 7.11 Å². The highest BCUT2D eigenvalue weighted by Crippen LogP contribution is 2.65. The highest BCUT2D eigenvalue weighted by molar-refractivity contribution is 5.92. The quantitative estimate of drug-likeness (QED) is 0.322.